The molecule has 3 aromatic rings. The molecule has 0 radical (unpaired) electrons. The molecule has 2 N–H and O–H groups in total. The molecular weight excluding hydrogens is 424 g/mol. The fourth-order valence-electron chi connectivity index (χ4n) is 3.64. The van der Waals surface area contributed by atoms with E-state index in [4.69, 9.17) is 4.74 Å². The molecule has 1 atom stereocenters. The number of carbonyl (C=O) groups excluding carboxylic acids is 1. The van der Waals surface area contributed by atoms with E-state index in [-0.39, 0.29) is 12.5 Å². The van der Waals surface area contributed by atoms with Crippen molar-refractivity contribution in [2.45, 2.75) is 32.8 Å². The number of carboxylic acid groups (broad SMARTS) is 1. The Bertz CT molecular complexity index is 1210. The molecule has 0 aliphatic heterocycles. The number of aryl methyl sites for hydroxylation is 2. The predicted molar refractivity (Wildman–Crippen MR) is 123 cm³/mol. The van der Waals surface area contributed by atoms with Crippen LogP contribution in [0.25, 0.3) is 0 Å². The Balaban J connectivity index is 1.44. The van der Waals surface area contributed by atoms with Gasteiger partial charge >= 0.3 is 12.1 Å². The fourth-order valence-corrected chi connectivity index (χ4v) is 4.34. The second kappa shape index (κ2) is 9.67. The van der Waals surface area contributed by atoms with Crippen LogP contribution >= 0.6 is 11.5 Å². The van der Waals surface area contributed by atoms with Gasteiger partial charge in [-0.05, 0) is 72.5 Å². The molecule has 0 bridgehead atoms. The molecule has 6 nitrogen and oxygen atoms in total. The van der Waals surface area contributed by atoms with E-state index >= 15 is 0 Å². The van der Waals surface area contributed by atoms with Gasteiger partial charge in [0.15, 0.2) is 0 Å². The number of anilines is 1. The molecule has 0 spiro atoms. The van der Waals surface area contributed by atoms with Crippen molar-refractivity contribution in [3.8, 4) is 11.8 Å². The van der Waals surface area contributed by atoms with Gasteiger partial charge in [-0.15, -0.1) is 0 Å². The minimum Gasteiger partial charge on any atom is -0.481 e. The van der Waals surface area contributed by atoms with E-state index in [0.717, 1.165) is 28.7 Å². The quantitative estimate of drug-likeness (QED) is 0.563. The molecule has 1 aliphatic rings. The minimum atomic E-state index is -0.734. The number of rotatable bonds is 4. The first-order valence-electron chi connectivity index (χ1n) is 10.3. The Morgan fingerprint density at radius 1 is 1.19 bits per heavy atom. The first-order valence-corrected chi connectivity index (χ1v) is 11.1. The van der Waals surface area contributed by atoms with Crippen molar-refractivity contribution >= 4 is 29.3 Å². The lowest BCUT2D eigenvalue weighted by Crippen LogP contribution is -2.22. The monoisotopic (exact) mass is 446 g/mol. The number of aromatic nitrogens is 1. The zero-order chi connectivity index (χ0) is 22.5. The molecule has 0 saturated carbocycles. The van der Waals surface area contributed by atoms with Gasteiger partial charge in [-0.3, -0.25) is 10.1 Å². The number of amides is 1. The molecule has 2 aromatic carbocycles. The summed E-state index contributed by atoms with van der Waals surface area (Å²) in [6, 6.07) is 15.4. The van der Waals surface area contributed by atoms with E-state index < -0.39 is 12.1 Å². The van der Waals surface area contributed by atoms with Crippen molar-refractivity contribution in [3.63, 3.8) is 0 Å². The Kier molecular flexibility index (Phi) is 6.52. The van der Waals surface area contributed by atoms with Gasteiger partial charge in [0, 0.05) is 5.56 Å². The number of carbonyl (C=O) groups is 2. The van der Waals surface area contributed by atoms with Gasteiger partial charge in [-0.1, -0.05) is 42.3 Å². The number of aliphatic carboxylic acids is 1. The average Bonchev–Trinajstić information content (AvgIpc) is 3.15. The number of nitrogens with zero attached hydrogens (tertiary/aromatic N) is 1. The standard InChI is InChI=1S/C25H22N2O4S/c1-16-23(26-25(30)31-15-18-5-3-2-4-6-18)22(32-27-16)12-8-17-7-9-20-14-21(24(28)29)11-10-19(20)13-17/h2-7,9,13,21H,10-11,14-15H2,1H3,(H,26,30)(H,28,29). The maximum Gasteiger partial charge on any atom is 0.412 e. The number of carboxylic acids is 1. The molecule has 4 rings (SSSR count). The lowest BCUT2D eigenvalue weighted by atomic mass is 9.83. The predicted octanol–water partition coefficient (Wildman–Crippen LogP) is 4.79. The van der Waals surface area contributed by atoms with Gasteiger partial charge in [0.1, 0.15) is 11.5 Å². The maximum atomic E-state index is 12.3. The normalized spacial score (nSPS) is 14.6. The van der Waals surface area contributed by atoms with Gasteiger partial charge < -0.3 is 9.84 Å². The first-order chi connectivity index (χ1) is 15.5. The fraction of sp³-hybridized carbons (Fsp3) is 0.240. The van der Waals surface area contributed by atoms with Crippen LogP contribution in [0.2, 0.25) is 0 Å². The Hall–Kier alpha value is -3.63. The van der Waals surface area contributed by atoms with Gasteiger partial charge in [0.2, 0.25) is 0 Å². The first kappa shape index (κ1) is 21.6. The highest BCUT2D eigenvalue weighted by Gasteiger charge is 2.24. The van der Waals surface area contributed by atoms with Crippen LogP contribution < -0.4 is 5.32 Å². The second-order valence-electron chi connectivity index (χ2n) is 7.67. The van der Waals surface area contributed by atoms with Crippen molar-refractivity contribution in [3.05, 3.63) is 81.4 Å². The van der Waals surface area contributed by atoms with E-state index in [1.807, 2.05) is 55.5 Å². The third-order valence-electron chi connectivity index (χ3n) is 5.41. The molecule has 1 aliphatic carbocycles. The summed E-state index contributed by atoms with van der Waals surface area (Å²) in [5, 5.41) is 12.0. The Labute approximate surface area is 190 Å². The second-order valence-corrected chi connectivity index (χ2v) is 8.44. The van der Waals surface area contributed by atoms with Crippen molar-refractivity contribution in [1.29, 1.82) is 0 Å². The molecule has 162 valence electrons. The maximum absolute atomic E-state index is 12.3. The van der Waals surface area contributed by atoms with Crippen LogP contribution in [-0.4, -0.2) is 21.5 Å². The van der Waals surface area contributed by atoms with E-state index in [1.165, 1.54) is 11.5 Å². The average molecular weight is 447 g/mol. The molecule has 1 aromatic heterocycles. The van der Waals surface area contributed by atoms with E-state index in [1.54, 1.807) is 0 Å². The van der Waals surface area contributed by atoms with Crippen LogP contribution in [0.5, 0.6) is 0 Å². The lowest BCUT2D eigenvalue weighted by molar-refractivity contribution is -0.142. The zero-order valence-electron chi connectivity index (χ0n) is 17.6. The summed E-state index contributed by atoms with van der Waals surface area (Å²) in [7, 11) is 0. The van der Waals surface area contributed by atoms with E-state index in [0.29, 0.717) is 29.1 Å². The molecule has 1 unspecified atom stereocenters. The summed E-state index contributed by atoms with van der Waals surface area (Å²) < 4.78 is 9.61. The van der Waals surface area contributed by atoms with E-state index in [2.05, 4.69) is 21.5 Å². The summed E-state index contributed by atoms with van der Waals surface area (Å²) >= 11 is 1.22. The summed E-state index contributed by atoms with van der Waals surface area (Å²) in [6.07, 6.45) is 1.39. The van der Waals surface area contributed by atoms with Crippen molar-refractivity contribution < 1.29 is 19.4 Å². The molecule has 0 fully saturated rings. The highest BCUT2D eigenvalue weighted by molar-refractivity contribution is 7.07. The summed E-state index contributed by atoms with van der Waals surface area (Å²) in [5.41, 5.74) is 5.22. The van der Waals surface area contributed by atoms with Gasteiger partial charge in [-0.2, -0.15) is 4.37 Å². The van der Waals surface area contributed by atoms with Crippen molar-refractivity contribution in [2.75, 3.05) is 5.32 Å². The SMILES string of the molecule is Cc1nsc(C#Cc2ccc3c(c2)CCC(C(=O)O)C3)c1NC(=O)OCc1ccccc1. The zero-order valence-corrected chi connectivity index (χ0v) is 18.4. The summed E-state index contributed by atoms with van der Waals surface area (Å²) in [4.78, 5) is 24.2. The highest BCUT2D eigenvalue weighted by Crippen LogP contribution is 2.27. The largest absolute Gasteiger partial charge is 0.481 e. The Morgan fingerprint density at radius 3 is 2.78 bits per heavy atom. The minimum absolute atomic E-state index is 0.183. The van der Waals surface area contributed by atoms with Crippen LogP contribution in [0.3, 0.4) is 0 Å². The van der Waals surface area contributed by atoms with Gasteiger partial charge in [0.05, 0.1) is 17.3 Å². The van der Waals surface area contributed by atoms with Crippen molar-refractivity contribution in [2.24, 2.45) is 5.92 Å². The molecule has 32 heavy (non-hydrogen) atoms. The summed E-state index contributed by atoms with van der Waals surface area (Å²) in [6.45, 7) is 1.99. The van der Waals surface area contributed by atoms with Crippen LogP contribution in [0, 0.1) is 24.7 Å². The molecule has 1 amide bonds. The number of benzene rings is 2. The molecule has 0 saturated heterocycles. The third kappa shape index (κ3) is 5.16. The van der Waals surface area contributed by atoms with Crippen LogP contribution in [0.1, 0.15) is 39.2 Å². The topological polar surface area (TPSA) is 88.5 Å². The number of hydrogen-bond acceptors (Lipinski definition) is 5. The van der Waals surface area contributed by atoms with Gasteiger partial charge in [-0.25, -0.2) is 4.79 Å². The van der Waals surface area contributed by atoms with Crippen LogP contribution in [0.4, 0.5) is 10.5 Å². The molecular formula is C25H22N2O4S. The number of nitrogens with one attached hydrogen (secondary N) is 1. The third-order valence-corrected chi connectivity index (χ3v) is 6.26. The number of hydrogen-bond donors (Lipinski definition) is 2. The highest BCUT2D eigenvalue weighted by atomic mass is 32.1. The summed E-state index contributed by atoms with van der Waals surface area (Å²) in [5.74, 6) is 5.20. The number of fused-ring (bicyclic) bond motifs is 1. The van der Waals surface area contributed by atoms with Crippen molar-refractivity contribution in [1.82, 2.24) is 4.37 Å². The van der Waals surface area contributed by atoms with Crippen LogP contribution in [0.15, 0.2) is 48.5 Å². The van der Waals surface area contributed by atoms with Crippen LogP contribution in [-0.2, 0) is 29.0 Å². The lowest BCUT2D eigenvalue weighted by Gasteiger charge is -2.21. The number of ether oxygens (including phenoxy) is 1. The van der Waals surface area contributed by atoms with Gasteiger partial charge in [0.25, 0.3) is 0 Å². The Morgan fingerprint density at radius 2 is 2.00 bits per heavy atom. The smallest absolute Gasteiger partial charge is 0.412 e. The van der Waals surface area contributed by atoms with E-state index in [9.17, 15) is 14.7 Å². The molecule has 7 heteroatoms. The molecule has 1 heterocycles.